The summed E-state index contributed by atoms with van der Waals surface area (Å²) in [6.07, 6.45) is 2.17. The Kier molecular flexibility index (Phi) is 4.74. The largest absolute Gasteiger partial charge is 0.343 e. The van der Waals surface area contributed by atoms with Crippen molar-refractivity contribution in [3.63, 3.8) is 0 Å². The monoisotopic (exact) mass is 347 g/mol. The van der Waals surface area contributed by atoms with E-state index in [9.17, 15) is 18.8 Å². The van der Waals surface area contributed by atoms with Crippen molar-refractivity contribution >= 4 is 17.8 Å². The zero-order valence-electron chi connectivity index (χ0n) is 14.2. The van der Waals surface area contributed by atoms with Crippen LogP contribution >= 0.6 is 0 Å². The maximum absolute atomic E-state index is 13.0. The second-order valence-corrected chi connectivity index (χ2v) is 6.95. The minimum Gasteiger partial charge on any atom is -0.343 e. The van der Waals surface area contributed by atoms with E-state index >= 15 is 0 Å². The van der Waals surface area contributed by atoms with Crippen molar-refractivity contribution in [2.75, 3.05) is 13.1 Å². The summed E-state index contributed by atoms with van der Waals surface area (Å²) in [5.74, 6) is -0.303. The lowest BCUT2D eigenvalue weighted by atomic mass is 9.89. The third-order valence-corrected chi connectivity index (χ3v) is 5.15. The standard InChI is InChI=1S/C18H22FN3O3/c1-18(16(24)20-17(25)21-18)9-6-15(23)22-10-7-13(8-11-22)12-2-4-14(19)5-3-12/h2-5,13H,6-11H2,1H3,(H2,20,21,24,25). The number of imide groups is 1. The topological polar surface area (TPSA) is 78.5 Å². The molecule has 2 aliphatic rings. The van der Waals surface area contributed by atoms with Gasteiger partial charge >= 0.3 is 6.03 Å². The number of benzene rings is 1. The average molecular weight is 347 g/mol. The fourth-order valence-electron chi connectivity index (χ4n) is 3.47. The first-order chi connectivity index (χ1) is 11.9. The smallest absolute Gasteiger partial charge is 0.322 e. The number of carbonyl (C=O) groups excluding carboxylic acids is 3. The molecule has 1 aromatic carbocycles. The maximum Gasteiger partial charge on any atom is 0.322 e. The van der Waals surface area contributed by atoms with Gasteiger partial charge in [0, 0.05) is 19.5 Å². The minimum absolute atomic E-state index is 0.00673. The molecule has 1 unspecified atom stereocenters. The Hall–Kier alpha value is -2.44. The van der Waals surface area contributed by atoms with Gasteiger partial charge in [0.15, 0.2) is 0 Å². The SMILES string of the molecule is CC1(CCC(=O)N2CCC(c3ccc(F)cc3)CC2)NC(=O)NC1=O. The number of nitrogens with one attached hydrogen (secondary N) is 2. The lowest BCUT2D eigenvalue weighted by molar-refractivity contribution is -0.133. The van der Waals surface area contributed by atoms with Gasteiger partial charge in [-0.1, -0.05) is 12.1 Å². The lowest BCUT2D eigenvalue weighted by Gasteiger charge is -2.33. The van der Waals surface area contributed by atoms with Crippen LogP contribution in [0.25, 0.3) is 0 Å². The highest BCUT2D eigenvalue weighted by Gasteiger charge is 2.42. The van der Waals surface area contributed by atoms with Gasteiger partial charge in [0.05, 0.1) is 0 Å². The number of hydrogen-bond donors (Lipinski definition) is 2. The fourth-order valence-corrected chi connectivity index (χ4v) is 3.47. The Morgan fingerprint density at radius 1 is 1.24 bits per heavy atom. The van der Waals surface area contributed by atoms with E-state index in [0.717, 1.165) is 18.4 Å². The molecule has 1 atom stereocenters. The third kappa shape index (κ3) is 3.81. The van der Waals surface area contributed by atoms with Crippen LogP contribution < -0.4 is 10.6 Å². The summed E-state index contributed by atoms with van der Waals surface area (Å²) in [5, 5.41) is 4.77. The molecule has 1 aromatic rings. The fraction of sp³-hybridized carbons (Fsp3) is 0.500. The molecule has 0 spiro atoms. The minimum atomic E-state index is -1.01. The molecule has 2 aliphatic heterocycles. The zero-order chi connectivity index (χ0) is 18.0. The first kappa shape index (κ1) is 17.4. The van der Waals surface area contributed by atoms with E-state index in [2.05, 4.69) is 10.6 Å². The third-order valence-electron chi connectivity index (χ3n) is 5.15. The van der Waals surface area contributed by atoms with Gasteiger partial charge < -0.3 is 10.2 Å². The van der Waals surface area contributed by atoms with Crippen LogP contribution in [0.5, 0.6) is 0 Å². The predicted molar refractivity (Wildman–Crippen MR) is 89.3 cm³/mol. The lowest BCUT2D eigenvalue weighted by Crippen LogP contribution is -2.45. The number of likely N-dealkylation sites (tertiary alicyclic amines) is 1. The van der Waals surface area contributed by atoms with Gasteiger partial charge in [-0.3, -0.25) is 14.9 Å². The molecule has 134 valence electrons. The highest BCUT2D eigenvalue weighted by atomic mass is 19.1. The van der Waals surface area contributed by atoms with E-state index in [1.165, 1.54) is 12.1 Å². The van der Waals surface area contributed by atoms with Crippen molar-refractivity contribution in [1.29, 1.82) is 0 Å². The molecule has 2 fully saturated rings. The predicted octanol–water partition coefficient (Wildman–Crippen LogP) is 1.91. The number of rotatable bonds is 4. The van der Waals surface area contributed by atoms with Gasteiger partial charge in [-0.25, -0.2) is 9.18 Å². The molecular formula is C18H22FN3O3. The van der Waals surface area contributed by atoms with Crippen molar-refractivity contribution in [3.8, 4) is 0 Å². The van der Waals surface area contributed by atoms with E-state index in [1.807, 2.05) is 0 Å². The summed E-state index contributed by atoms with van der Waals surface area (Å²) in [6, 6.07) is 6.03. The van der Waals surface area contributed by atoms with Crippen LogP contribution in [0.3, 0.4) is 0 Å². The quantitative estimate of drug-likeness (QED) is 0.817. The number of hydrogen-bond acceptors (Lipinski definition) is 3. The van der Waals surface area contributed by atoms with Crippen LogP contribution in [0.15, 0.2) is 24.3 Å². The van der Waals surface area contributed by atoms with E-state index in [-0.39, 0.29) is 30.5 Å². The molecule has 6 nitrogen and oxygen atoms in total. The van der Waals surface area contributed by atoms with Gasteiger partial charge in [0.1, 0.15) is 11.4 Å². The molecule has 25 heavy (non-hydrogen) atoms. The molecule has 0 aromatic heterocycles. The first-order valence-electron chi connectivity index (χ1n) is 8.54. The molecule has 3 rings (SSSR count). The van der Waals surface area contributed by atoms with E-state index in [4.69, 9.17) is 0 Å². The zero-order valence-corrected chi connectivity index (χ0v) is 14.2. The Morgan fingerprint density at radius 3 is 2.44 bits per heavy atom. The maximum atomic E-state index is 13.0. The summed E-state index contributed by atoms with van der Waals surface area (Å²) in [4.78, 5) is 37.2. The second-order valence-electron chi connectivity index (χ2n) is 6.95. The highest BCUT2D eigenvalue weighted by Crippen LogP contribution is 2.28. The number of piperidine rings is 1. The molecule has 0 bridgehead atoms. The van der Waals surface area contributed by atoms with Crippen molar-refractivity contribution in [1.82, 2.24) is 15.5 Å². The average Bonchev–Trinajstić information content (AvgIpc) is 2.86. The van der Waals surface area contributed by atoms with Crippen LogP contribution in [0.1, 0.15) is 44.1 Å². The van der Waals surface area contributed by atoms with Crippen molar-refractivity contribution in [3.05, 3.63) is 35.6 Å². The summed E-state index contributed by atoms with van der Waals surface area (Å²) in [7, 11) is 0. The van der Waals surface area contributed by atoms with E-state index in [1.54, 1.807) is 24.0 Å². The van der Waals surface area contributed by atoms with Crippen LogP contribution in [-0.2, 0) is 9.59 Å². The van der Waals surface area contributed by atoms with Crippen LogP contribution in [0.2, 0.25) is 0 Å². The van der Waals surface area contributed by atoms with Crippen molar-refractivity contribution < 1.29 is 18.8 Å². The molecule has 2 saturated heterocycles. The normalized spacial score (nSPS) is 24.2. The summed E-state index contributed by atoms with van der Waals surface area (Å²) in [5.41, 5.74) is 0.0884. The first-order valence-corrected chi connectivity index (χ1v) is 8.54. The molecule has 0 aliphatic carbocycles. The highest BCUT2D eigenvalue weighted by molar-refractivity contribution is 6.06. The molecule has 2 N–H and O–H groups in total. The molecule has 0 radical (unpaired) electrons. The molecular weight excluding hydrogens is 325 g/mol. The van der Waals surface area contributed by atoms with E-state index in [0.29, 0.717) is 19.0 Å². The number of halogens is 1. The van der Waals surface area contributed by atoms with Crippen LogP contribution in [0, 0.1) is 5.82 Å². The number of nitrogens with zero attached hydrogens (tertiary/aromatic N) is 1. The van der Waals surface area contributed by atoms with Crippen LogP contribution in [0.4, 0.5) is 9.18 Å². The van der Waals surface area contributed by atoms with Gasteiger partial charge in [-0.15, -0.1) is 0 Å². The van der Waals surface area contributed by atoms with Gasteiger partial charge in [-0.05, 0) is 49.8 Å². The van der Waals surface area contributed by atoms with Crippen molar-refractivity contribution in [2.45, 2.75) is 44.1 Å². The Balaban J connectivity index is 1.49. The van der Waals surface area contributed by atoms with Gasteiger partial charge in [0.2, 0.25) is 5.91 Å². The molecule has 7 heteroatoms. The Morgan fingerprint density at radius 2 is 1.88 bits per heavy atom. The van der Waals surface area contributed by atoms with Gasteiger partial charge in [-0.2, -0.15) is 0 Å². The molecule has 4 amide bonds. The molecule has 0 saturated carbocycles. The molecule has 2 heterocycles. The van der Waals surface area contributed by atoms with Crippen LogP contribution in [-0.4, -0.2) is 41.4 Å². The second kappa shape index (κ2) is 6.82. The number of amides is 4. The number of carbonyl (C=O) groups is 3. The summed E-state index contributed by atoms with van der Waals surface area (Å²) < 4.78 is 13.0. The Labute approximate surface area is 145 Å². The van der Waals surface area contributed by atoms with E-state index < -0.39 is 11.6 Å². The number of urea groups is 1. The summed E-state index contributed by atoms with van der Waals surface area (Å²) >= 11 is 0. The van der Waals surface area contributed by atoms with Gasteiger partial charge in [0.25, 0.3) is 5.91 Å². The van der Waals surface area contributed by atoms with Crippen molar-refractivity contribution in [2.24, 2.45) is 0 Å². The Bertz CT molecular complexity index is 683. The summed E-state index contributed by atoms with van der Waals surface area (Å²) in [6.45, 7) is 2.92.